The molecule has 0 aromatic heterocycles. The van der Waals surface area contributed by atoms with Crippen molar-refractivity contribution in [1.82, 2.24) is 0 Å². The van der Waals surface area contributed by atoms with Gasteiger partial charge in [0.2, 0.25) is 0 Å². The predicted molar refractivity (Wildman–Crippen MR) is 57.1 cm³/mol. The Bertz CT molecular complexity index is 244. The zero-order valence-corrected chi connectivity index (χ0v) is 8.81. The summed E-state index contributed by atoms with van der Waals surface area (Å²) in [6.45, 7) is 4.21. The second-order valence-corrected chi connectivity index (χ2v) is 3.49. The molecule has 2 unspecified atom stereocenters. The van der Waals surface area contributed by atoms with E-state index in [0.29, 0.717) is 6.61 Å². The summed E-state index contributed by atoms with van der Waals surface area (Å²) in [4.78, 5) is 0. The van der Waals surface area contributed by atoms with E-state index in [1.165, 1.54) is 5.56 Å². The van der Waals surface area contributed by atoms with Gasteiger partial charge < -0.3 is 9.84 Å². The van der Waals surface area contributed by atoms with Crippen LogP contribution in [-0.4, -0.2) is 17.8 Å². The van der Waals surface area contributed by atoms with E-state index in [-0.39, 0.29) is 6.10 Å². The van der Waals surface area contributed by atoms with E-state index < -0.39 is 6.10 Å². The third kappa shape index (κ3) is 3.48. The topological polar surface area (TPSA) is 29.5 Å². The molecule has 0 fully saturated rings. The first-order valence-corrected chi connectivity index (χ1v) is 5.08. The number of ether oxygens (including phenoxy) is 1. The van der Waals surface area contributed by atoms with Crippen molar-refractivity contribution < 1.29 is 9.84 Å². The minimum atomic E-state index is -0.396. The maximum atomic E-state index is 9.12. The molecule has 78 valence electrons. The maximum Gasteiger partial charge on any atom is 0.0823 e. The third-order valence-corrected chi connectivity index (χ3v) is 2.08. The highest BCUT2D eigenvalue weighted by molar-refractivity contribution is 5.17. The van der Waals surface area contributed by atoms with Crippen molar-refractivity contribution in [3.05, 3.63) is 35.9 Å². The second kappa shape index (κ2) is 5.78. The van der Waals surface area contributed by atoms with Gasteiger partial charge in [-0.25, -0.2) is 0 Å². The van der Waals surface area contributed by atoms with Gasteiger partial charge in [0, 0.05) is 0 Å². The van der Waals surface area contributed by atoms with E-state index in [1.807, 2.05) is 18.2 Å². The van der Waals surface area contributed by atoms with Crippen LogP contribution in [0.1, 0.15) is 31.9 Å². The standard InChI is InChI=1S/C12H18O2/c1-3-12(14-9-10(2)13)11-7-5-4-6-8-11/h4-8,10,12-13H,3,9H2,1-2H3. The summed E-state index contributed by atoms with van der Waals surface area (Å²) in [5.41, 5.74) is 1.18. The molecule has 1 rings (SSSR count). The van der Waals surface area contributed by atoms with E-state index in [9.17, 15) is 0 Å². The molecule has 2 nitrogen and oxygen atoms in total. The molecule has 2 atom stereocenters. The molecular formula is C12H18O2. The highest BCUT2D eigenvalue weighted by Gasteiger charge is 2.09. The van der Waals surface area contributed by atoms with Crippen LogP contribution in [0.2, 0.25) is 0 Å². The fraction of sp³-hybridized carbons (Fsp3) is 0.500. The Hall–Kier alpha value is -0.860. The largest absolute Gasteiger partial charge is 0.391 e. The predicted octanol–water partition coefficient (Wildman–Crippen LogP) is 2.54. The smallest absolute Gasteiger partial charge is 0.0823 e. The molecule has 2 heteroatoms. The van der Waals surface area contributed by atoms with Crippen LogP contribution in [-0.2, 0) is 4.74 Å². The number of hydrogen-bond acceptors (Lipinski definition) is 2. The minimum Gasteiger partial charge on any atom is -0.391 e. The lowest BCUT2D eigenvalue weighted by Crippen LogP contribution is -2.13. The van der Waals surface area contributed by atoms with Gasteiger partial charge in [-0.1, -0.05) is 37.3 Å². The number of aliphatic hydroxyl groups is 1. The average molecular weight is 194 g/mol. The van der Waals surface area contributed by atoms with Gasteiger partial charge in [0.1, 0.15) is 0 Å². The minimum absolute atomic E-state index is 0.103. The first-order valence-electron chi connectivity index (χ1n) is 5.08. The molecular weight excluding hydrogens is 176 g/mol. The first kappa shape index (κ1) is 11.2. The molecule has 0 aliphatic rings. The normalized spacial score (nSPS) is 15.1. The zero-order chi connectivity index (χ0) is 10.4. The van der Waals surface area contributed by atoms with Crippen LogP contribution in [0.25, 0.3) is 0 Å². The highest BCUT2D eigenvalue weighted by atomic mass is 16.5. The molecule has 0 aliphatic carbocycles. The number of rotatable bonds is 5. The van der Waals surface area contributed by atoms with Crippen LogP contribution in [0.15, 0.2) is 30.3 Å². The van der Waals surface area contributed by atoms with Crippen LogP contribution >= 0.6 is 0 Å². The average Bonchev–Trinajstić information content (AvgIpc) is 2.20. The third-order valence-electron chi connectivity index (χ3n) is 2.08. The van der Waals surface area contributed by atoms with Gasteiger partial charge in [-0.05, 0) is 18.9 Å². The van der Waals surface area contributed by atoms with Crippen molar-refractivity contribution in [3.8, 4) is 0 Å². The van der Waals surface area contributed by atoms with Crippen molar-refractivity contribution in [2.24, 2.45) is 0 Å². The molecule has 14 heavy (non-hydrogen) atoms. The molecule has 0 spiro atoms. The zero-order valence-electron chi connectivity index (χ0n) is 8.81. The van der Waals surface area contributed by atoms with Gasteiger partial charge in [0.15, 0.2) is 0 Å². The fourth-order valence-corrected chi connectivity index (χ4v) is 1.37. The Morgan fingerprint density at radius 3 is 2.43 bits per heavy atom. The van der Waals surface area contributed by atoms with E-state index in [4.69, 9.17) is 9.84 Å². The van der Waals surface area contributed by atoms with Crippen LogP contribution in [0.3, 0.4) is 0 Å². The SMILES string of the molecule is CCC(OCC(C)O)c1ccccc1. The second-order valence-electron chi connectivity index (χ2n) is 3.49. The van der Waals surface area contributed by atoms with E-state index in [0.717, 1.165) is 6.42 Å². The summed E-state index contributed by atoms with van der Waals surface area (Å²) in [6, 6.07) is 10.1. The van der Waals surface area contributed by atoms with Crippen molar-refractivity contribution in [1.29, 1.82) is 0 Å². The van der Waals surface area contributed by atoms with Crippen LogP contribution in [0.5, 0.6) is 0 Å². The van der Waals surface area contributed by atoms with Crippen molar-refractivity contribution in [2.75, 3.05) is 6.61 Å². The van der Waals surface area contributed by atoms with E-state index in [2.05, 4.69) is 19.1 Å². The summed E-state index contributed by atoms with van der Waals surface area (Å²) in [6.07, 6.45) is 0.634. The fourth-order valence-electron chi connectivity index (χ4n) is 1.37. The van der Waals surface area contributed by atoms with Gasteiger partial charge in [0.05, 0.1) is 18.8 Å². The quantitative estimate of drug-likeness (QED) is 0.780. The molecule has 0 aliphatic heterocycles. The maximum absolute atomic E-state index is 9.12. The monoisotopic (exact) mass is 194 g/mol. The molecule has 0 bridgehead atoms. The highest BCUT2D eigenvalue weighted by Crippen LogP contribution is 2.20. The molecule has 0 heterocycles. The van der Waals surface area contributed by atoms with Crippen LogP contribution < -0.4 is 0 Å². The van der Waals surface area contributed by atoms with Gasteiger partial charge in [-0.3, -0.25) is 0 Å². The summed E-state index contributed by atoms with van der Waals surface area (Å²) in [7, 11) is 0. The van der Waals surface area contributed by atoms with E-state index in [1.54, 1.807) is 6.92 Å². The van der Waals surface area contributed by atoms with Crippen molar-refractivity contribution in [3.63, 3.8) is 0 Å². The lowest BCUT2D eigenvalue weighted by Gasteiger charge is -2.17. The van der Waals surface area contributed by atoms with Crippen molar-refractivity contribution in [2.45, 2.75) is 32.5 Å². The number of aliphatic hydroxyl groups excluding tert-OH is 1. The van der Waals surface area contributed by atoms with E-state index >= 15 is 0 Å². The summed E-state index contributed by atoms with van der Waals surface area (Å²) < 4.78 is 5.59. The van der Waals surface area contributed by atoms with Crippen LogP contribution in [0, 0.1) is 0 Å². The molecule has 0 saturated carbocycles. The summed E-state index contributed by atoms with van der Waals surface area (Å²) in [5, 5.41) is 9.12. The van der Waals surface area contributed by atoms with Gasteiger partial charge in [-0.2, -0.15) is 0 Å². The summed E-state index contributed by atoms with van der Waals surface area (Å²) >= 11 is 0. The van der Waals surface area contributed by atoms with Crippen molar-refractivity contribution >= 4 is 0 Å². The first-order chi connectivity index (χ1) is 6.74. The number of benzene rings is 1. The lowest BCUT2D eigenvalue weighted by molar-refractivity contribution is -0.00543. The van der Waals surface area contributed by atoms with Gasteiger partial charge >= 0.3 is 0 Å². The molecule has 1 N–H and O–H groups in total. The molecule has 1 aromatic carbocycles. The Kier molecular flexibility index (Phi) is 4.63. The Morgan fingerprint density at radius 2 is 1.93 bits per heavy atom. The Balaban J connectivity index is 2.54. The molecule has 0 radical (unpaired) electrons. The lowest BCUT2D eigenvalue weighted by atomic mass is 10.1. The molecule has 0 saturated heterocycles. The Morgan fingerprint density at radius 1 is 1.29 bits per heavy atom. The Labute approximate surface area is 85.5 Å². The summed E-state index contributed by atoms with van der Waals surface area (Å²) in [5.74, 6) is 0. The van der Waals surface area contributed by atoms with Gasteiger partial charge in [0.25, 0.3) is 0 Å². The number of hydrogen-bond donors (Lipinski definition) is 1. The van der Waals surface area contributed by atoms with Gasteiger partial charge in [-0.15, -0.1) is 0 Å². The van der Waals surface area contributed by atoms with Crippen LogP contribution in [0.4, 0.5) is 0 Å². The molecule has 0 amide bonds. The molecule has 1 aromatic rings.